The molecule has 5 heteroatoms. The number of amides is 1. The Bertz CT molecular complexity index is 773. The van der Waals surface area contributed by atoms with Crippen LogP contribution in [0.1, 0.15) is 79.1 Å². The zero-order valence-electron chi connectivity index (χ0n) is 21.4. The zero-order chi connectivity index (χ0) is 23.5. The van der Waals surface area contributed by atoms with Gasteiger partial charge >= 0.3 is 0 Å². The van der Waals surface area contributed by atoms with Crippen molar-refractivity contribution in [2.45, 2.75) is 84.7 Å². The Morgan fingerprint density at radius 2 is 1.67 bits per heavy atom. The number of rotatable bonds is 3. The molecule has 0 aromatic heterocycles. The van der Waals surface area contributed by atoms with Crippen molar-refractivity contribution >= 4 is 11.7 Å². The lowest BCUT2D eigenvalue weighted by atomic mass is 9.48. The van der Waals surface area contributed by atoms with Crippen molar-refractivity contribution < 1.29 is 14.7 Å². The van der Waals surface area contributed by atoms with Crippen molar-refractivity contribution in [3.05, 3.63) is 0 Å². The maximum Gasteiger partial charge on any atom is 0.219 e. The second-order valence-electron chi connectivity index (χ2n) is 13.1. The number of ketones is 1. The van der Waals surface area contributed by atoms with Gasteiger partial charge in [-0.15, -0.1) is 0 Å². The summed E-state index contributed by atoms with van der Waals surface area (Å²) in [7, 11) is 0. The summed E-state index contributed by atoms with van der Waals surface area (Å²) in [4.78, 5) is 29.3. The summed E-state index contributed by atoms with van der Waals surface area (Å²) in [5.74, 6) is 5.03. The molecule has 5 nitrogen and oxygen atoms in total. The molecule has 186 valence electrons. The van der Waals surface area contributed by atoms with Crippen LogP contribution in [0.3, 0.4) is 0 Å². The Hall–Kier alpha value is -0.940. The second kappa shape index (κ2) is 8.62. The fourth-order valence-corrected chi connectivity index (χ4v) is 9.33. The number of carbonyl (C=O) groups is 2. The highest BCUT2D eigenvalue weighted by Gasteiger charge is 2.59. The first-order valence-electron chi connectivity index (χ1n) is 13.8. The van der Waals surface area contributed by atoms with Crippen molar-refractivity contribution in [2.75, 3.05) is 32.7 Å². The smallest absolute Gasteiger partial charge is 0.219 e. The molecule has 5 fully saturated rings. The predicted molar refractivity (Wildman–Crippen MR) is 129 cm³/mol. The molecule has 5 aliphatic rings. The molecule has 33 heavy (non-hydrogen) atoms. The fraction of sp³-hybridized carbons (Fsp3) is 0.929. The van der Waals surface area contributed by atoms with Crippen LogP contribution in [0.25, 0.3) is 0 Å². The molecule has 4 saturated carbocycles. The molecule has 0 aromatic carbocycles. The van der Waals surface area contributed by atoms with Crippen molar-refractivity contribution in [3.8, 4) is 0 Å². The van der Waals surface area contributed by atoms with Gasteiger partial charge in [-0.1, -0.05) is 13.8 Å². The quantitative estimate of drug-likeness (QED) is 0.695. The summed E-state index contributed by atoms with van der Waals surface area (Å²) in [6.45, 7) is 12.2. The van der Waals surface area contributed by atoms with Crippen LogP contribution >= 0.6 is 0 Å². The molecule has 1 saturated heterocycles. The van der Waals surface area contributed by atoms with Crippen LogP contribution < -0.4 is 0 Å². The molecular weight excluding hydrogens is 412 g/mol. The van der Waals surface area contributed by atoms with Crippen molar-refractivity contribution in [1.82, 2.24) is 9.80 Å². The summed E-state index contributed by atoms with van der Waals surface area (Å²) in [5.41, 5.74) is -0.309. The normalized spacial score (nSPS) is 48.0. The summed E-state index contributed by atoms with van der Waals surface area (Å²) in [6.07, 6.45) is 9.58. The van der Waals surface area contributed by atoms with Crippen molar-refractivity contribution in [3.63, 3.8) is 0 Å². The Balaban J connectivity index is 1.23. The molecule has 1 aliphatic heterocycles. The van der Waals surface area contributed by atoms with Gasteiger partial charge in [0.05, 0.1) is 12.1 Å². The van der Waals surface area contributed by atoms with Gasteiger partial charge in [0.15, 0.2) is 0 Å². The van der Waals surface area contributed by atoms with Crippen LogP contribution in [0.15, 0.2) is 0 Å². The lowest BCUT2D eigenvalue weighted by Gasteiger charge is -2.58. The van der Waals surface area contributed by atoms with Gasteiger partial charge in [-0.2, -0.15) is 0 Å². The van der Waals surface area contributed by atoms with E-state index in [1.807, 2.05) is 4.90 Å². The highest BCUT2D eigenvalue weighted by molar-refractivity contribution is 5.84. The molecule has 1 N–H and O–H groups in total. The average Bonchev–Trinajstić information content (AvgIpc) is 3.12. The Morgan fingerprint density at radius 3 is 2.36 bits per heavy atom. The van der Waals surface area contributed by atoms with Gasteiger partial charge in [0.25, 0.3) is 0 Å². The molecule has 1 amide bonds. The van der Waals surface area contributed by atoms with Gasteiger partial charge in [0, 0.05) is 39.0 Å². The van der Waals surface area contributed by atoms with Crippen LogP contribution in [-0.4, -0.2) is 64.9 Å². The van der Waals surface area contributed by atoms with Crippen molar-refractivity contribution in [1.29, 1.82) is 0 Å². The number of carbonyl (C=O) groups excluding carboxylic acids is 2. The molecule has 0 spiro atoms. The van der Waals surface area contributed by atoms with Crippen molar-refractivity contribution in [2.24, 2.45) is 46.8 Å². The van der Waals surface area contributed by atoms with E-state index in [1.165, 1.54) is 38.5 Å². The molecule has 4 aliphatic carbocycles. The van der Waals surface area contributed by atoms with Crippen LogP contribution in [0, 0.1) is 46.8 Å². The minimum absolute atomic E-state index is 0.148. The first-order chi connectivity index (χ1) is 15.6. The van der Waals surface area contributed by atoms with E-state index < -0.39 is 5.60 Å². The van der Waals surface area contributed by atoms with E-state index >= 15 is 0 Å². The molecule has 0 aromatic rings. The first-order valence-corrected chi connectivity index (χ1v) is 13.8. The Labute approximate surface area is 200 Å². The molecular formula is C28H46N2O3. The topological polar surface area (TPSA) is 60.9 Å². The number of hydrogen-bond acceptors (Lipinski definition) is 4. The number of Topliss-reactive ketones (excluding diaryl/α,β-unsaturated/α-hetero) is 1. The summed E-state index contributed by atoms with van der Waals surface area (Å²) in [6, 6.07) is 0. The number of nitrogens with zero attached hydrogens (tertiary/aromatic N) is 2. The van der Waals surface area contributed by atoms with Crippen LogP contribution in [0.4, 0.5) is 0 Å². The first kappa shape index (κ1) is 23.8. The summed E-state index contributed by atoms with van der Waals surface area (Å²) >= 11 is 0. The molecule has 0 bridgehead atoms. The van der Waals surface area contributed by atoms with E-state index in [-0.39, 0.29) is 17.2 Å². The molecule has 9 unspecified atom stereocenters. The average molecular weight is 459 g/mol. The minimum atomic E-state index is -0.488. The molecule has 9 atom stereocenters. The van der Waals surface area contributed by atoms with Gasteiger partial charge < -0.3 is 10.0 Å². The van der Waals surface area contributed by atoms with Crippen LogP contribution in [0.2, 0.25) is 0 Å². The van der Waals surface area contributed by atoms with E-state index in [4.69, 9.17) is 0 Å². The van der Waals surface area contributed by atoms with E-state index in [2.05, 4.69) is 25.7 Å². The third-order valence-electron chi connectivity index (χ3n) is 11.5. The molecule has 0 radical (unpaired) electrons. The Kier molecular flexibility index (Phi) is 6.21. The van der Waals surface area contributed by atoms with Crippen LogP contribution in [-0.2, 0) is 9.59 Å². The number of fused-ring (bicyclic) bond motifs is 5. The standard InChI is InChI=1S/C28H46N2O3/c1-18-15-23-20(16-28(18,4)33)5-6-22-21(23)9-10-27(3)24(22)7-8-25(27)26(32)17-29-11-13-30(14-12-29)19(2)31/h18,20-25,33H,5-17H2,1-4H3. The minimum Gasteiger partial charge on any atom is -0.390 e. The number of hydrogen-bond donors (Lipinski definition) is 1. The lowest BCUT2D eigenvalue weighted by molar-refractivity contribution is -0.138. The monoisotopic (exact) mass is 458 g/mol. The fourth-order valence-electron chi connectivity index (χ4n) is 9.33. The summed E-state index contributed by atoms with van der Waals surface area (Å²) in [5, 5.41) is 10.9. The van der Waals surface area contributed by atoms with E-state index in [0.717, 1.165) is 56.8 Å². The highest BCUT2D eigenvalue weighted by Crippen LogP contribution is 2.65. The third-order valence-corrected chi connectivity index (χ3v) is 11.5. The number of aliphatic hydroxyl groups is 1. The Morgan fingerprint density at radius 1 is 0.939 bits per heavy atom. The van der Waals surface area contributed by atoms with E-state index in [9.17, 15) is 14.7 Å². The van der Waals surface area contributed by atoms with Gasteiger partial charge in [0.1, 0.15) is 5.78 Å². The van der Waals surface area contributed by atoms with Gasteiger partial charge in [-0.3, -0.25) is 14.5 Å². The lowest BCUT2D eigenvalue weighted by Crippen LogP contribution is -2.53. The second-order valence-corrected chi connectivity index (χ2v) is 13.1. The van der Waals surface area contributed by atoms with E-state index in [1.54, 1.807) is 6.92 Å². The van der Waals surface area contributed by atoms with Gasteiger partial charge in [0.2, 0.25) is 5.91 Å². The predicted octanol–water partition coefficient (Wildman–Crippen LogP) is 3.99. The van der Waals surface area contributed by atoms with Gasteiger partial charge in [-0.05, 0) is 99.2 Å². The maximum absolute atomic E-state index is 13.5. The number of piperazine rings is 1. The van der Waals surface area contributed by atoms with Gasteiger partial charge in [-0.25, -0.2) is 0 Å². The highest BCUT2D eigenvalue weighted by atomic mass is 16.3. The largest absolute Gasteiger partial charge is 0.390 e. The summed E-state index contributed by atoms with van der Waals surface area (Å²) < 4.78 is 0. The SMILES string of the molecule is CC(=O)N1CCN(CC(=O)C2CCC3C4CCC5CC(C)(O)C(C)CC5C4CCC23C)CC1. The van der Waals surface area contributed by atoms with Crippen LogP contribution in [0.5, 0.6) is 0 Å². The molecule has 1 heterocycles. The maximum atomic E-state index is 13.5. The third kappa shape index (κ3) is 4.09. The molecule has 5 rings (SSSR count). The van der Waals surface area contributed by atoms with E-state index in [0.29, 0.717) is 30.1 Å². The zero-order valence-corrected chi connectivity index (χ0v) is 21.4.